The minimum atomic E-state index is -1.10. The highest BCUT2D eigenvalue weighted by Crippen LogP contribution is 2.23. The lowest BCUT2D eigenvalue weighted by atomic mass is 10.2. The highest BCUT2D eigenvalue weighted by atomic mass is 35.5. The number of allylic oxidation sites excluding steroid dienone is 1. The van der Waals surface area contributed by atoms with Crippen LogP contribution in [0, 0.1) is 0 Å². The minimum absolute atomic E-state index is 0.0374. The van der Waals surface area contributed by atoms with Crippen LogP contribution < -0.4 is 0 Å². The van der Waals surface area contributed by atoms with E-state index >= 15 is 0 Å². The summed E-state index contributed by atoms with van der Waals surface area (Å²) in [6.07, 6.45) is 1.23. The number of carbonyl (C=O) groups is 1. The Kier molecular flexibility index (Phi) is 4.24. The monoisotopic (exact) mass is 338 g/mol. The summed E-state index contributed by atoms with van der Waals surface area (Å²) in [5.41, 5.74) is 1.35. The third-order valence-corrected chi connectivity index (χ3v) is 3.40. The quantitative estimate of drug-likeness (QED) is 0.720. The summed E-state index contributed by atoms with van der Waals surface area (Å²) >= 11 is 5.89. The van der Waals surface area contributed by atoms with E-state index in [4.69, 9.17) is 21.1 Å². The molecular weight excluding hydrogens is 330 g/mol. The Morgan fingerprint density at radius 3 is 2.88 bits per heavy atom. The molecule has 3 aromatic rings. The standard InChI is InChI=1S/C17H9ClN3O3/c18-11-5-6-15-14(7-11)21-16(24-15)10(8-19)9-20-13-4-2-1-3-12(13)17(22)23/h1-7,9H,(H,22,23)/q-1. The molecule has 0 bridgehead atoms. The lowest BCUT2D eigenvalue weighted by molar-refractivity contribution is 0.0698. The number of carboxylic acid groups (broad SMARTS) is 1. The SMILES string of the molecule is [N-]=C=C(C=Nc1ccccc1C(=O)O)c1nc2cc(Cl)ccc2o1. The fourth-order valence-electron chi connectivity index (χ4n) is 2.05. The highest BCUT2D eigenvalue weighted by molar-refractivity contribution is 6.31. The van der Waals surface area contributed by atoms with Crippen LogP contribution in [0.4, 0.5) is 5.69 Å². The summed E-state index contributed by atoms with van der Waals surface area (Å²) in [4.78, 5) is 19.4. The Bertz CT molecular complexity index is 1020. The molecular formula is C17H9ClN3O3-. The summed E-state index contributed by atoms with van der Waals surface area (Å²) in [6.45, 7) is 0. The van der Waals surface area contributed by atoms with Crippen molar-refractivity contribution in [2.45, 2.75) is 0 Å². The number of aromatic carboxylic acids is 1. The third-order valence-electron chi connectivity index (χ3n) is 3.17. The summed E-state index contributed by atoms with van der Waals surface area (Å²) < 4.78 is 5.51. The Morgan fingerprint density at radius 1 is 1.33 bits per heavy atom. The molecule has 1 aromatic heterocycles. The van der Waals surface area contributed by atoms with Gasteiger partial charge in [-0.2, -0.15) is 0 Å². The van der Waals surface area contributed by atoms with Crippen LogP contribution in [0.3, 0.4) is 0 Å². The first-order valence-corrected chi connectivity index (χ1v) is 7.16. The van der Waals surface area contributed by atoms with Gasteiger partial charge in [0.25, 0.3) is 0 Å². The van der Waals surface area contributed by atoms with Crippen LogP contribution in [-0.2, 0) is 0 Å². The van der Waals surface area contributed by atoms with Gasteiger partial charge < -0.3 is 14.9 Å². The first kappa shape index (κ1) is 15.7. The molecule has 0 aliphatic heterocycles. The van der Waals surface area contributed by atoms with E-state index in [0.29, 0.717) is 16.1 Å². The van der Waals surface area contributed by atoms with Gasteiger partial charge in [-0.1, -0.05) is 23.7 Å². The molecule has 0 aliphatic carbocycles. The van der Waals surface area contributed by atoms with Crippen molar-refractivity contribution in [2.75, 3.05) is 0 Å². The number of benzene rings is 2. The number of hydrogen-bond donors (Lipinski definition) is 1. The number of para-hydroxylation sites is 1. The first-order chi connectivity index (χ1) is 11.6. The van der Waals surface area contributed by atoms with E-state index in [0.717, 1.165) is 0 Å². The maximum absolute atomic E-state index is 11.2. The van der Waals surface area contributed by atoms with Crippen LogP contribution in [-0.4, -0.2) is 28.1 Å². The van der Waals surface area contributed by atoms with Crippen LogP contribution in [0.25, 0.3) is 22.1 Å². The molecule has 7 heteroatoms. The zero-order valence-electron chi connectivity index (χ0n) is 12.1. The molecule has 118 valence electrons. The Hall–Kier alpha value is -3.21. The number of halogens is 1. The van der Waals surface area contributed by atoms with Gasteiger partial charge >= 0.3 is 5.97 Å². The molecule has 0 atom stereocenters. The highest BCUT2D eigenvalue weighted by Gasteiger charge is 2.10. The van der Waals surface area contributed by atoms with Gasteiger partial charge in [0.05, 0.1) is 16.8 Å². The predicted molar refractivity (Wildman–Crippen MR) is 92.3 cm³/mol. The van der Waals surface area contributed by atoms with Gasteiger partial charge in [-0.3, -0.25) is 10.9 Å². The molecule has 3 rings (SSSR count). The van der Waals surface area contributed by atoms with Crippen molar-refractivity contribution in [2.24, 2.45) is 4.99 Å². The van der Waals surface area contributed by atoms with Crippen molar-refractivity contribution in [1.82, 2.24) is 4.98 Å². The average Bonchev–Trinajstić information content (AvgIpc) is 2.98. The third kappa shape index (κ3) is 3.10. The lowest BCUT2D eigenvalue weighted by Gasteiger charge is -2.00. The lowest BCUT2D eigenvalue weighted by Crippen LogP contribution is -1.96. The molecule has 0 spiro atoms. The van der Waals surface area contributed by atoms with Crippen molar-refractivity contribution in [3.63, 3.8) is 0 Å². The van der Waals surface area contributed by atoms with Gasteiger partial charge in [0.1, 0.15) is 5.52 Å². The van der Waals surface area contributed by atoms with Crippen molar-refractivity contribution in [1.29, 1.82) is 0 Å². The van der Waals surface area contributed by atoms with E-state index < -0.39 is 5.97 Å². The Labute approximate surface area is 141 Å². The van der Waals surface area contributed by atoms with Crippen LogP contribution in [0.5, 0.6) is 0 Å². The van der Waals surface area contributed by atoms with Crippen molar-refractivity contribution < 1.29 is 14.3 Å². The van der Waals surface area contributed by atoms with Gasteiger partial charge in [-0.15, -0.1) is 0 Å². The minimum Gasteiger partial charge on any atom is -0.763 e. The van der Waals surface area contributed by atoms with Crippen LogP contribution >= 0.6 is 11.6 Å². The molecule has 0 amide bonds. The molecule has 0 saturated carbocycles. The normalized spacial score (nSPS) is 10.9. The molecule has 0 fully saturated rings. The van der Waals surface area contributed by atoms with Gasteiger partial charge in [-0.05, 0) is 30.3 Å². The number of aromatic nitrogens is 1. The zero-order chi connectivity index (χ0) is 17.1. The number of carboxylic acids is 1. The summed E-state index contributed by atoms with van der Waals surface area (Å²) in [6, 6.07) is 11.2. The summed E-state index contributed by atoms with van der Waals surface area (Å²) in [5.74, 6) is 0.933. The fraction of sp³-hybridized carbons (Fsp3) is 0. The van der Waals surface area contributed by atoms with Crippen molar-refractivity contribution in [3.8, 4) is 0 Å². The first-order valence-electron chi connectivity index (χ1n) is 6.78. The number of aliphatic imine (C=N–C) groups is 1. The second-order valence-corrected chi connectivity index (χ2v) is 5.17. The van der Waals surface area contributed by atoms with E-state index in [-0.39, 0.29) is 22.7 Å². The van der Waals surface area contributed by atoms with E-state index in [1.54, 1.807) is 36.4 Å². The molecule has 0 unspecified atom stereocenters. The molecule has 0 saturated heterocycles. The maximum atomic E-state index is 11.2. The number of hydrogen-bond acceptors (Lipinski definition) is 4. The van der Waals surface area contributed by atoms with Gasteiger partial charge in [-0.25, -0.2) is 9.78 Å². The zero-order valence-corrected chi connectivity index (χ0v) is 12.9. The number of nitrogens with zero attached hydrogens (tertiary/aromatic N) is 3. The second kappa shape index (κ2) is 6.50. The van der Waals surface area contributed by atoms with Crippen molar-refractivity contribution >= 4 is 52.0 Å². The molecule has 0 aliphatic rings. The predicted octanol–water partition coefficient (Wildman–Crippen LogP) is 4.20. The number of rotatable bonds is 4. The molecule has 24 heavy (non-hydrogen) atoms. The molecule has 2 aromatic carbocycles. The van der Waals surface area contributed by atoms with Gasteiger partial charge in [0, 0.05) is 11.2 Å². The Balaban J connectivity index is 1.98. The largest absolute Gasteiger partial charge is 0.763 e. The van der Waals surface area contributed by atoms with Crippen LogP contribution in [0.2, 0.25) is 5.02 Å². The summed E-state index contributed by atoms with van der Waals surface area (Å²) in [7, 11) is 0. The smallest absolute Gasteiger partial charge is 0.337 e. The van der Waals surface area contributed by atoms with E-state index in [9.17, 15) is 10.2 Å². The van der Waals surface area contributed by atoms with Gasteiger partial charge in [0.15, 0.2) is 5.58 Å². The molecule has 6 nitrogen and oxygen atoms in total. The van der Waals surface area contributed by atoms with E-state index in [1.165, 1.54) is 12.3 Å². The van der Waals surface area contributed by atoms with Crippen molar-refractivity contribution in [3.05, 3.63) is 64.4 Å². The molecule has 1 N–H and O–H groups in total. The van der Waals surface area contributed by atoms with E-state index in [1.807, 2.05) is 5.87 Å². The summed E-state index contributed by atoms with van der Waals surface area (Å²) in [5, 5.41) is 18.9. The Morgan fingerprint density at radius 2 is 2.12 bits per heavy atom. The topological polar surface area (TPSA) is 98.0 Å². The molecule has 0 radical (unpaired) electrons. The second-order valence-electron chi connectivity index (χ2n) is 4.74. The van der Waals surface area contributed by atoms with Crippen LogP contribution in [0.1, 0.15) is 16.2 Å². The number of oxazole rings is 1. The van der Waals surface area contributed by atoms with Crippen LogP contribution in [0.15, 0.2) is 51.9 Å². The molecule has 1 heterocycles. The van der Waals surface area contributed by atoms with Gasteiger partial charge in [0.2, 0.25) is 5.89 Å². The number of fused-ring (bicyclic) bond motifs is 1. The maximum Gasteiger partial charge on any atom is 0.337 e. The fourth-order valence-corrected chi connectivity index (χ4v) is 2.22. The average molecular weight is 339 g/mol. The van der Waals surface area contributed by atoms with E-state index in [2.05, 4.69) is 9.98 Å².